The number of fused-ring (bicyclic) bond motifs is 1. The summed E-state index contributed by atoms with van der Waals surface area (Å²) in [5.74, 6) is 0.153. The molecule has 3 heterocycles. The highest BCUT2D eigenvalue weighted by Gasteiger charge is 2.10. The molecule has 1 amide bonds. The number of anilines is 3. The van der Waals surface area contributed by atoms with Gasteiger partial charge in [0.05, 0.1) is 16.2 Å². The molecule has 4 aromatic rings. The third kappa shape index (κ3) is 3.89. The van der Waals surface area contributed by atoms with Crippen molar-refractivity contribution < 1.29 is 4.79 Å². The van der Waals surface area contributed by atoms with Gasteiger partial charge in [0.2, 0.25) is 0 Å². The monoisotopic (exact) mass is 392 g/mol. The van der Waals surface area contributed by atoms with E-state index >= 15 is 0 Å². The molecular weight excluding hydrogens is 376 g/mol. The van der Waals surface area contributed by atoms with Gasteiger partial charge in [0.1, 0.15) is 17.8 Å². The van der Waals surface area contributed by atoms with E-state index in [0.717, 1.165) is 16.8 Å². The van der Waals surface area contributed by atoms with Crippen molar-refractivity contribution >= 4 is 40.2 Å². The lowest BCUT2D eigenvalue weighted by Crippen LogP contribution is -2.14. The number of nitrogens with one attached hydrogen (secondary N) is 2. The zero-order chi connectivity index (χ0) is 19.5. The second-order valence-electron chi connectivity index (χ2n) is 6.21. The van der Waals surface area contributed by atoms with Crippen LogP contribution in [0.25, 0.3) is 5.52 Å². The Kier molecular flexibility index (Phi) is 4.82. The summed E-state index contributed by atoms with van der Waals surface area (Å²) in [6.07, 6.45) is 4.94. The van der Waals surface area contributed by atoms with E-state index in [4.69, 9.17) is 17.3 Å². The van der Waals surface area contributed by atoms with Crippen LogP contribution >= 0.6 is 11.6 Å². The summed E-state index contributed by atoms with van der Waals surface area (Å²) in [4.78, 5) is 20.8. The fourth-order valence-electron chi connectivity index (χ4n) is 2.82. The van der Waals surface area contributed by atoms with Crippen LogP contribution in [0.15, 0.2) is 67.3 Å². The van der Waals surface area contributed by atoms with Crippen molar-refractivity contribution in [1.82, 2.24) is 14.4 Å². The predicted molar refractivity (Wildman–Crippen MR) is 111 cm³/mol. The maximum absolute atomic E-state index is 12.5. The van der Waals surface area contributed by atoms with Gasteiger partial charge < -0.3 is 20.8 Å². The van der Waals surface area contributed by atoms with Crippen molar-refractivity contribution in [3.63, 3.8) is 0 Å². The minimum absolute atomic E-state index is 0.290. The normalized spacial score (nSPS) is 10.8. The first-order valence-electron chi connectivity index (χ1n) is 8.56. The molecule has 1 aromatic carbocycles. The van der Waals surface area contributed by atoms with Gasteiger partial charge in [-0.3, -0.25) is 4.79 Å². The molecule has 0 aliphatic rings. The molecule has 3 aromatic heterocycles. The van der Waals surface area contributed by atoms with E-state index < -0.39 is 0 Å². The zero-order valence-corrected chi connectivity index (χ0v) is 15.5. The molecule has 0 saturated heterocycles. The van der Waals surface area contributed by atoms with Crippen LogP contribution in [0.5, 0.6) is 0 Å². The van der Waals surface area contributed by atoms with E-state index in [1.807, 2.05) is 36.4 Å². The number of carbonyl (C=O) groups excluding carboxylic acids is 1. The summed E-state index contributed by atoms with van der Waals surface area (Å²) in [7, 11) is 0. The Morgan fingerprint density at radius 3 is 2.89 bits per heavy atom. The van der Waals surface area contributed by atoms with Crippen molar-refractivity contribution in [2.24, 2.45) is 0 Å². The molecule has 0 saturated carbocycles. The van der Waals surface area contributed by atoms with Gasteiger partial charge in [-0.2, -0.15) is 0 Å². The highest BCUT2D eigenvalue weighted by atomic mass is 35.5. The van der Waals surface area contributed by atoms with Crippen LogP contribution < -0.4 is 16.4 Å². The Labute approximate surface area is 166 Å². The molecular formula is C20H17ClN6O. The largest absolute Gasteiger partial charge is 0.382 e. The Hall–Kier alpha value is -3.58. The summed E-state index contributed by atoms with van der Waals surface area (Å²) >= 11 is 5.98. The Morgan fingerprint density at radius 2 is 2.04 bits per heavy atom. The van der Waals surface area contributed by atoms with Gasteiger partial charge in [0.25, 0.3) is 5.91 Å². The molecule has 0 aliphatic carbocycles. The average Bonchev–Trinajstić information content (AvgIpc) is 3.07. The Balaban J connectivity index is 1.46. The van der Waals surface area contributed by atoms with Gasteiger partial charge in [-0.15, -0.1) is 0 Å². The van der Waals surface area contributed by atoms with Crippen molar-refractivity contribution in [3.8, 4) is 0 Å². The number of nitrogens with two attached hydrogens (primary N) is 1. The highest BCUT2D eigenvalue weighted by Crippen LogP contribution is 2.18. The van der Waals surface area contributed by atoms with E-state index in [2.05, 4.69) is 20.6 Å². The number of amides is 1. The van der Waals surface area contributed by atoms with Gasteiger partial charge in [0.15, 0.2) is 0 Å². The first-order chi connectivity index (χ1) is 13.6. The lowest BCUT2D eigenvalue weighted by molar-refractivity contribution is 0.102. The summed E-state index contributed by atoms with van der Waals surface area (Å²) in [6.45, 7) is 0.548. The number of benzene rings is 1. The van der Waals surface area contributed by atoms with E-state index in [9.17, 15) is 4.79 Å². The molecule has 7 nitrogen and oxygen atoms in total. The van der Waals surface area contributed by atoms with Gasteiger partial charge in [-0.05, 0) is 42.0 Å². The van der Waals surface area contributed by atoms with E-state index in [-0.39, 0.29) is 5.91 Å². The number of rotatable bonds is 5. The lowest BCUT2D eigenvalue weighted by atomic mass is 10.2. The van der Waals surface area contributed by atoms with Gasteiger partial charge in [0, 0.05) is 24.6 Å². The van der Waals surface area contributed by atoms with Crippen LogP contribution in [0.2, 0.25) is 5.02 Å². The van der Waals surface area contributed by atoms with Crippen molar-refractivity contribution in [2.45, 2.75) is 6.54 Å². The first kappa shape index (κ1) is 17.8. The minimum Gasteiger partial charge on any atom is -0.382 e. The second-order valence-corrected chi connectivity index (χ2v) is 6.65. The number of nitrogens with zero attached hydrogens (tertiary/aromatic N) is 3. The van der Waals surface area contributed by atoms with Crippen molar-refractivity contribution in [1.29, 1.82) is 0 Å². The van der Waals surface area contributed by atoms with E-state index in [1.54, 1.807) is 35.3 Å². The topological polar surface area (TPSA) is 97.3 Å². The Morgan fingerprint density at radius 1 is 1.14 bits per heavy atom. The third-order valence-corrected chi connectivity index (χ3v) is 4.40. The van der Waals surface area contributed by atoms with Crippen LogP contribution in [-0.2, 0) is 6.54 Å². The molecule has 4 N–H and O–H groups in total. The first-order valence-corrected chi connectivity index (χ1v) is 8.94. The average molecular weight is 393 g/mol. The number of halogens is 1. The summed E-state index contributed by atoms with van der Waals surface area (Å²) in [5, 5.41) is 6.70. The fraction of sp³-hybridized carbons (Fsp3) is 0.0500. The van der Waals surface area contributed by atoms with Crippen LogP contribution in [0.1, 0.15) is 16.1 Å². The standard InChI is InChI=1S/C20H17ClN6O/c21-14-8-16-9-18(25-12-27(16)11-14)20(28)26-15-4-1-3-13(7-15)10-24-17-5-2-6-23-19(17)22/h1-9,11-12,24H,10H2,(H2,22,23)(H,26,28). The molecule has 0 unspecified atom stereocenters. The molecule has 0 bridgehead atoms. The van der Waals surface area contributed by atoms with Gasteiger partial charge >= 0.3 is 0 Å². The summed E-state index contributed by atoms with van der Waals surface area (Å²) in [5.41, 5.74) is 9.39. The zero-order valence-electron chi connectivity index (χ0n) is 14.8. The second kappa shape index (κ2) is 7.58. The van der Waals surface area contributed by atoms with Gasteiger partial charge in [-0.1, -0.05) is 23.7 Å². The van der Waals surface area contributed by atoms with E-state index in [0.29, 0.717) is 28.8 Å². The van der Waals surface area contributed by atoms with Crippen LogP contribution in [0, 0.1) is 0 Å². The number of hydrogen-bond acceptors (Lipinski definition) is 5. The van der Waals surface area contributed by atoms with Crippen LogP contribution in [0.4, 0.5) is 17.2 Å². The van der Waals surface area contributed by atoms with Crippen molar-refractivity contribution in [2.75, 3.05) is 16.4 Å². The number of nitrogen functional groups attached to an aromatic ring is 1. The molecule has 4 rings (SSSR count). The number of pyridine rings is 1. The molecule has 0 atom stereocenters. The quantitative estimate of drug-likeness (QED) is 0.479. The summed E-state index contributed by atoms with van der Waals surface area (Å²) in [6, 6.07) is 14.7. The molecule has 8 heteroatoms. The minimum atomic E-state index is -0.290. The SMILES string of the molecule is Nc1ncccc1NCc1cccc(NC(=O)c2cc3cc(Cl)cn3cn2)c1. The summed E-state index contributed by atoms with van der Waals surface area (Å²) < 4.78 is 1.76. The number of aromatic nitrogens is 3. The molecule has 0 aliphatic heterocycles. The predicted octanol–water partition coefficient (Wildman–Crippen LogP) is 3.83. The smallest absolute Gasteiger partial charge is 0.274 e. The highest BCUT2D eigenvalue weighted by molar-refractivity contribution is 6.31. The lowest BCUT2D eigenvalue weighted by Gasteiger charge is -2.10. The molecule has 140 valence electrons. The third-order valence-electron chi connectivity index (χ3n) is 4.19. The number of carbonyl (C=O) groups is 1. The van der Waals surface area contributed by atoms with Crippen LogP contribution in [-0.4, -0.2) is 20.3 Å². The fourth-order valence-corrected chi connectivity index (χ4v) is 3.04. The maximum atomic E-state index is 12.5. The maximum Gasteiger partial charge on any atom is 0.274 e. The Bertz CT molecular complexity index is 1160. The molecule has 0 radical (unpaired) electrons. The van der Waals surface area contributed by atoms with Gasteiger partial charge in [-0.25, -0.2) is 9.97 Å². The molecule has 0 fully saturated rings. The van der Waals surface area contributed by atoms with Crippen molar-refractivity contribution in [3.05, 3.63) is 83.5 Å². The van der Waals surface area contributed by atoms with E-state index in [1.165, 1.54) is 0 Å². The molecule has 0 spiro atoms. The van der Waals surface area contributed by atoms with Crippen LogP contribution in [0.3, 0.4) is 0 Å². The number of hydrogen-bond donors (Lipinski definition) is 3. The molecule has 28 heavy (non-hydrogen) atoms.